The summed E-state index contributed by atoms with van der Waals surface area (Å²) in [5, 5.41) is 3.68. The number of carbonyl (C=O) groups is 1. The number of carbonyl (C=O) groups excluding carboxylic acids is 1. The van der Waals surface area contributed by atoms with Crippen LogP contribution >= 0.6 is 0 Å². The minimum absolute atomic E-state index is 0.606. The number of urea groups is 1. The zero-order valence-electron chi connectivity index (χ0n) is 7.62. The predicted molar refractivity (Wildman–Crippen MR) is 51.4 cm³/mol. The molecule has 1 aromatic carbocycles. The molecule has 14 heavy (non-hydrogen) atoms. The van der Waals surface area contributed by atoms with Crippen molar-refractivity contribution in [2.24, 2.45) is 5.10 Å². The minimum Gasteiger partial charge on any atom is -0.244 e. The average molecular weight is 195 g/mol. The second-order valence-corrected chi connectivity index (χ2v) is 2.60. The molecule has 1 aromatic rings. The SMILES string of the molecule is C/C(=N/NC(=O)NF)c1ccccc1. The molecule has 0 aliphatic heterocycles. The first-order valence-corrected chi connectivity index (χ1v) is 4.00. The third-order valence-corrected chi connectivity index (χ3v) is 1.60. The van der Waals surface area contributed by atoms with Gasteiger partial charge in [-0.2, -0.15) is 10.6 Å². The van der Waals surface area contributed by atoms with Crippen molar-refractivity contribution in [3.05, 3.63) is 35.9 Å². The molecule has 0 fully saturated rings. The van der Waals surface area contributed by atoms with E-state index in [1.54, 1.807) is 6.92 Å². The molecule has 2 N–H and O–H groups in total. The van der Waals surface area contributed by atoms with Crippen LogP contribution in [0.25, 0.3) is 0 Å². The lowest BCUT2D eigenvalue weighted by Crippen LogP contribution is -2.26. The molecule has 0 heterocycles. The third kappa shape index (κ3) is 2.85. The predicted octanol–water partition coefficient (Wildman–Crippen LogP) is 1.59. The van der Waals surface area contributed by atoms with E-state index in [9.17, 15) is 9.28 Å². The van der Waals surface area contributed by atoms with Crippen LogP contribution in [0.5, 0.6) is 0 Å². The number of rotatable bonds is 2. The fraction of sp³-hybridized carbons (Fsp3) is 0.111. The van der Waals surface area contributed by atoms with Crippen LogP contribution in [0.15, 0.2) is 35.4 Å². The quantitative estimate of drug-likeness (QED) is 0.420. The Morgan fingerprint density at radius 1 is 1.36 bits per heavy atom. The molecule has 0 unspecified atom stereocenters. The fourth-order valence-corrected chi connectivity index (χ4v) is 0.900. The Hall–Kier alpha value is -1.91. The van der Waals surface area contributed by atoms with Crippen LogP contribution in [0.2, 0.25) is 0 Å². The van der Waals surface area contributed by atoms with Crippen LogP contribution in [0, 0.1) is 0 Å². The standard InChI is InChI=1S/C9H10FN3O/c1-7(12-13-9(14)11-10)8-5-3-2-4-6-8/h2-6H,1H3,(H2,11,13,14)/b12-7-. The second kappa shape index (κ2) is 4.96. The summed E-state index contributed by atoms with van der Waals surface area (Å²) in [5.74, 6) is 0. The molecule has 0 saturated heterocycles. The van der Waals surface area contributed by atoms with Gasteiger partial charge in [0.1, 0.15) is 0 Å². The van der Waals surface area contributed by atoms with Crippen molar-refractivity contribution in [1.29, 1.82) is 0 Å². The number of halogens is 1. The number of hydrazone groups is 1. The van der Waals surface area contributed by atoms with Gasteiger partial charge in [-0.25, -0.2) is 10.2 Å². The van der Waals surface area contributed by atoms with E-state index in [1.165, 1.54) is 0 Å². The lowest BCUT2D eigenvalue weighted by atomic mass is 10.1. The maximum Gasteiger partial charge on any atom is 0.363 e. The van der Waals surface area contributed by atoms with Crippen molar-refractivity contribution >= 4 is 11.7 Å². The first kappa shape index (κ1) is 10.2. The van der Waals surface area contributed by atoms with Gasteiger partial charge in [0.15, 0.2) is 0 Å². The molecule has 0 aliphatic carbocycles. The van der Waals surface area contributed by atoms with Gasteiger partial charge >= 0.3 is 6.03 Å². The van der Waals surface area contributed by atoms with E-state index in [2.05, 4.69) is 5.10 Å². The van der Waals surface area contributed by atoms with Crippen molar-refractivity contribution in [1.82, 2.24) is 11.0 Å². The second-order valence-electron chi connectivity index (χ2n) is 2.60. The zero-order valence-corrected chi connectivity index (χ0v) is 7.62. The van der Waals surface area contributed by atoms with Crippen molar-refractivity contribution < 1.29 is 9.28 Å². The summed E-state index contributed by atoms with van der Waals surface area (Å²) in [4.78, 5) is 10.4. The molecular weight excluding hydrogens is 185 g/mol. The lowest BCUT2D eigenvalue weighted by Gasteiger charge is -2.00. The molecule has 0 aliphatic rings. The van der Waals surface area contributed by atoms with Gasteiger partial charge in [-0.3, -0.25) is 0 Å². The van der Waals surface area contributed by atoms with Gasteiger partial charge in [0.2, 0.25) is 0 Å². The van der Waals surface area contributed by atoms with Gasteiger partial charge in [-0.15, -0.1) is 0 Å². The molecule has 1 rings (SSSR count). The van der Waals surface area contributed by atoms with E-state index >= 15 is 0 Å². The van der Waals surface area contributed by atoms with E-state index in [1.807, 2.05) is 35.8 Å². The van der Waals surface area contributed by atoms with Crippen molar-refractivity contribution in [2.45, 2.75) is 6.92 Å². The number of benzene rings is 1. The highest BCUT2D eigenvalue weighted by Gasteiger charge is 1.97. The van der Waals surface area contributed by atoms with Gasteiger partial charge in [-0.1, -0.05) is 34.8 Å². The molecule has 0 atom stereocenters. The zero-order chi connectivity index (χ0) is 10.4. The summed E-state index contributed by atoms with van der Waals surface area (Å²) >= 11 is 0. The van der Waals surface area contributed by atoms with E-state index in [-0.39, 0.29) is 0 Å². The summed E-state index contributed by atoms with van der Waals surface area (Å²) in [6, 6.07) is 8.27. The lowest BCUT2D eigenvalue weighted by molar-refractivity contribution is 0.218. The topological polar surface area (TPSA) is 53.5 Å². The molecule has 0 bridgehead atoms. The summed E-state index contributed by atoms with van der Waals surface area (Å²) in [7, 11) is 0. The highest BCUT2D eigenvalue weighted by atomic mass is 19.2. The van der Waals surface area contributed by atoms with Crippen molar-refractivity contribution in [2.75, 3.05) is 0 Å². The molecule has 0 spiro atoms. The summed E-state index contributed by atoms with van der Waals surface area (Å²) in [6.45, 7) is 1.72. The smallest absolute Gasteiger partial charge is 0.244 e. The fourth-order valence-electron chi connectivity index (χ4n) is 0.900. The number of nitrogens with one attached hydrogen (secondary N) is 2. The first-order valence-electron chi connectivity index (χ1n) is 4.00. The number of amides is 2. The van der Waals surface area contributed by atoms with E-state index in [0.29, 0.717) is 5.71 Å². The number of hydrogen-bond donors (Lipinski definition) is 2. The molecule has 74 valence electrons. The molecule has 2 amide bonds. The Morgan fingerprint density at radius 3 is 2.57 bits per heavy atom. The largest absolute Gasteiger partial charge is 0.363 e. The number of hydrogen-bond acceptors (Lipinski definition) is 2. The van der Waals surface area contributed by atoms with Gasteiger partial charge in [0.05, 0.1) is 5.71 Å². The first-order chi connectivity index (χ1) is 6.74. The maximum atomic E-state index is 11.5. The van der Waals surface area contributed by atoms with Crippen LogP contribution in [0.4, 0.5) is 9.28 Å². The van der Waals surface area contributed by atoms with Crippen LogP contribution in [-0.2, 0) is 0 Å². The van der Waals surface area contributed by atoms with Crippen LogP contribution in [0.1, 0.15) is 12.5 Å². The van der Waals surface area contributed by atoms with Gasteiger partial charge in [-0.05, 0) is 12.5 Å². The van der Waals surface area contributed by atoms with Crippen molar-refractivity contribution in [3.8, 4) is 0 Å². The normalized spacial score (nSPS) is 10.9. The molecule has 0 radical (unpaired) electrons. The molecule has 0 saturated carbocycles. The highest BCUT2D eigenvalue weighted by molar-refractivity contribution is 5.99. The Morgan fingerprint density at radius 2 is 2.00 bits per heavy atom. The van der Waals surface area contributed by atoms with Crippen LogP contribution in [-0.4, -0.2) is 11.7 Å². The Labute approximate surface area is 80.8 Å². The number of nitrogens with zero attached hydrogens (tertiary/aromatic N) is 1. The third-order valence-electron chi connectivity index (χ3n) is 1.60. The van der Waals surface area contributed by atoms with Gasteiger partial charge in [0.25, 0.3) is 0 Å². The average Bonchev–Trinajstić information content (AvgIpc) is 2.26. The highest BCUT2D eigenvalue weighted by Crippen LogP contribution is 1.99. The summed E-state index contributed by atoms with van der Waals surface area (Å²) in [6.07, 6.45) is 0. The molecule has 5 heteroatoms. The minimum atomic E-state index is -0.986. The summed E-state index contributed by atoms with van der Waals surface area (Å²) in [5.41, 5.74) is 4.38. The van der Waals surface area contributed by atoms with Gasteiger partial charge in [0, 0.05) is 0 Å². The Balaban J connectivity index is 2.66. The molecular formula is C9H10FN3O. The molecule has 4 nitrogen and oxygen atoms in total. The monoisotopic (exact) mass is 195 g/mol. The van der Waals surface area contributed by atoms with Crippen molar-refractivity contribution in [3.63, 3.8) is 0 Å². The molecule has 0 aromatic heterocycles. The maximum absolute atomic E-state index is 11.5. The van der Waals surface area contributed by atoms with Gasteiger partial charge < -0.3 is 0 Å². The summed E-state index contributed by atoms with van der Waals surface area (Å²) < 4.78 is 11.5. The van der Waals surface area contributed by atoms with E-state index in [4.69, 9.17) is 0 Å². The van der Waals surface area contributed by atoms with E-state index < -0.39 is 6.03 Å². The van der Waals surface area contributed by atoms with E-state index in [0.717, 1.165) is 11.1 Å². The Bertz CT molecular complexity index is 337. The van der Waals surface area contributed by atoms with Crippen LogP contribution in [0.3, 0.4) is 0 Å². The van der Waals surface area contributed by atoms with Crippen LogP contribution < -0.4 is 11.0 Å². The Kier molecular flexibility index (Phi) is 3.60.